The van der Waals surface area contributed by atoms with Crippen molar-refractivity contribution in [3.05, 3.63) is 36.0 Å². The number of nitrogens with zero attached hydrogens (tertiary/aromatic N) is 1. The van der Waals surface area contributed by atoms with Gasteiger partial charge in [-0.25, -0.2) is 4.79 Å². The Morgan fingerprint density at radius 2 is 1.67 bits per heavy atom. The smallest absolute Gasteiger partial charge is 0.336 e. The molecule has 6 atom stereocenters. The largest absolute Gasteiger partial charge is 0.368 e. The van der Waals surface area contributed by atoms with Crippen molar-refractivity contribution in [1.82, 2.24) is 31.6 Å². The van der Waals surface area contributed by atoms with E-state index in [1.807, 2.05) is 38.1 Å². The van der Waals surface area contributed by atoms with Crippen LogP contribution in [0.3, 0.4) is 0 Å². The summed E-state index contributed by atoms with van der Waals surface area (Å²) in [5, 5.41) is 14.7. The van der Waals surface area contributed by atoms with E-state index in [-0.39, 0.29) is 41.5 Å². The second-order valence-corrected chi connectivity index (χ2v) is 14.6. The van der Waals surface area contributed by atoms with Crippen molar-refractivity contribution in [3.63, 3.8) is 0 Å². The van der Waals surface area contributed by atoms with Gasteiger partial charge in [0.2, 0.25) is 29.5 Å². The average molecular weight is 755 g/mol. The lowest BCUT2D eigenvalue weighted by atomic mass is 9.89. The fraction of sp³-hybridized carbons (Fsp3) is 0.605. The van der Waals surface area contributed by atoms with Crippen LogP contribution >= 0.6 is 0 Å². The molecule has 0 aliphatic carbocycles. The van der Waals surface area contributed by atoms with Gasteiger partial charge in [-0.2, -0.15) is 0 Å². The monoisotopic (exact) mass is 754 g/mol. The van der Waals surface area contributed by atoms with Crippen LogP contribution in [0, 0.1) is 5.92 Å². The molecule has 1 fully saturated rings. The molecule has 10 N–H and O–H groups in total. The molecule has 1 aliphatic heterocycles. The Hall–Kier alpha value is -4.83. The van der Waals surface area contributed by atoms with Gasteiger partial charge in [0.15, 0.2) is 6.04 Å². The third-order valence-corrected chi connectivity index (χ3v) is 9.95. The van der Waals surface area contributed by atoms with E-state index in [9.17, 15) is 33.6 Å². The van der Waals surface area contributed by atoms with E-state index in [0.717, 1.165) is 22.9 Å². The van der Waals surface area contributed by atoms with Crippen molar-refractivity contribution >= 4 is 52.3 Å². The van der Waals surface area contributed by atoms with Gasteiger partial charge in [0.25, 0.3) is 5.91 Å². The van der Waals surface area contributed by atoms with Crippen LogP contribution in [0.15, 0.2) is 30.5 Å². The van der Waals surface area contributed by atoms with Gasteiger partial charge in [0.05, 0.1) is 20.1 Å². The molecule has 16 heteroatoms. The number of primary amides is 1. The summed E-state index contributed by atoms with van der Waals surface area (Å²) in [5.74, 6) is -3.28. The zero-order chi connectivity index (χ0) is 39.8. The number of aromatic nitrogens is 1. The van der Waals surface area contributed by atoms with Gasteiger partial charge >= 0.3 is 5.91 Å². The highest BCUT2D eigenvalue weighted by Crippen LogP contribution is 2.29. The number of hydrogen-bond acceptors (Lipinski definition) is 8. The highest BCUT2D eigenvalue weighted by atomic mass is 16.2. The molecule has 1 saturated heterocycles. The number of hydrogen-bond donors (Lipinski definition) is 8. The molecular formula is C38H60N9O7+. The van der Waals surface area contributed by atoms with Gasteiger partial charge in [-0.05, 0) is 63.1 Å². The lowest BCUT2D eigenvalue weighted by Crippen LogP contribution is -2.71. The molecule has 1 aromatic carbocycles. The number of piperidine rings is 1. The van der Waals surface area contributed by atoms with Crippen molar-refractivity contribution in [1.29, 1.82) is 0 Å². The molecule has 2 heterocycles. The Bertz CT molecular complexity index is 1630. The van der Waals surface area contributed by atoms with Gasteiger partial charge in [-0.3, -0.25) is 33.3 Å². The van der Waals surface area contributed by atoms with Gasteiger partial charge in [-0.1, -0.05) is 32.0 Å². The number of unbranched alkanes of at least 4 members (excludes halogenated alkanes) is 2. The minimum atomic E-state index is -1.04. The highest BCUT2D eigenvalue weighted by molar-refractivity contribution is 5.94. The number of carbonyl (C=O) groups excluding carboxylic acids is 7. The van der Waals surface area contributed by atoms with Crippen molar-refractivity contribution in [2.24, 2.45) is 17.4 Å². The third-order valence-electron chi connectivity index (χ3n) is 9.95. The van der Waals surface area contributed by atoms with Gasteiger partial charge in [0.1, 0.15) is 18.1 Å². The molecule has 0 spiro atoms. The Labute approximate surface area is 317 Å². The molecule has 298 valence electrons. The van der Waals surface area contributed by atoms with E-state index in [1.165, 1.54) is 6.92 Å². The highest BCUT2D eigenvalue weighted by Gasteiger charge is 2.52. The number of carbonyl (C=O) groups is 7. The summed E-state index contributed by atoms with van der Waals surface area (Å²) >= 11 is 0. The topological polar surface area (TPSA) is 247 Å². The molecule has 0 saturated carbocycles. The Kier molecular flexibility index (Phi) is 17.1. The maximum absolute atomic E-state index is 14.5. The van der Waals surface area contributed by atoms with Crippen LogP contribution in [0.5, 0.6) is 0 Å². The van der Waals surface area contributed by atoms with E-state index in [4.69, 9.17) is 11.5 Å². The molecule has 1 aliphatic rings. The van der Waals surface area contributed by atoms with E-state index in [0.29, 0.717) is 58.2 Å². The van der Waals surface area contributed by atoms with Gasteiger partial charge in [-0.15, -0.1) is 0 Å². The normalized spacial score (nSPS) is 20.0. The molecular weight excluding hydrogens is 694 g/mol. The first kappa shape index (κ1) is 43.6. The molecule has 3 unspecified atom stereocenters. The molecule has 54 heavy (non-hydrogen) atoms. The zero-order valence-corrected chi connectivity index (χ0v) is 32.1. The number of H-pyrrole nitrogens is 1. The quantitative estimate of drug-likeness (QED) is 0.0616. The Morgan fingerprint density at radius 1 is 0.944 bits per heavy atom. The van der Waals surface area contributed by atoms with Crippen LogP contribution in [0.25, 0.3) is 10.9 Å². The number of benzene rings is 1. The van der Waals surface area contributed by atoms with Crippen molar-refractivity contribution in [3.8, 4) is 0 Å². The first-order chi connectivity index (χ1) is 25.7. The van der Waals surface area contributed by atoms with Crippen LogP contribution in [0.1, 0.15) is 84.1 Å². The van der Waals surface area contributed by atoms with E-state index >= 15 is 0 Å². The average Bonchev–Trinajstić information content (AvgIpc) is 3.52. The summed E-state index contributed by atoms with van der Waals surface area (Å²) in [4.78, 5) is 94.5. The molecule has 16 nitrogen and oxygen atoms in total. The molecule has 0 radical (unpaired) electrons. The second-order valence-electron chi connectivity index (χ2n) is 14.6. The number of likely N-dealkylation sites (N-methyl/N-ethyl adjacent to an activating group) is 1. The number of amides is 7. The lowest BCUT2D eigenvalue weighted by molar-refractivity contribution is -0.859. The zero-order valence-electron chi connectivity index (χ0n) is 32.1. The van der Waals surface area contributed by atoms with Gasteiger partial charge in [0, 0.05) is 55.7 Å². The maximum atomic E-state index is 14.5. The van der Waals surface area contributed by atoms with E-state index in [1.54, 1.807) is 13.2 Å². The van der Waals surface area contributed by atoms with E-state index in [2.05, 4.69) is 31.6 Å². The van der Waals surface area contributed by atoms with Crippen LogP contribution in [0.4, 0.5) is 0 Å². The lowest BCUT2D eigenvalue weighted by Gasteiger charge is -2.45. The molecule has 3 rings (SSSR count). The summed E-state index contributed by atoms with van der Waals surface area (Å²) in [5.41, 5.74) is 12.8. The number of rotatable bonds is 22. The second kappa shape index (κ2) is 21.2. The molecule has 0 bridgehead atoms. The van der Waals surface area contributed by atoms with Crippen LogP contribution in [-0.2, 0) is 40.0 Å². The predicted molar refractivity (Wildman–Crippen MR) is 204 cm³/mol. The third kappa shape index (κ3) is 12.6. The predicted octanol–water partition coefficient (Wildman–Crippen LogP) is 0.383. The summed E-state index contributed by atoms with van der Waals surface area (Å²) in [6.07, 6.45) is 6.12. The minimum Gasteiger partial charge on any atom is -0.368 e. The Morgan fingerprint density at radius 3 is 2.35 bits per heavy atom. The first-order valence-electron chi connectivity index (χ1n) is 19.0. The summed E-state index contributed by atoms with van der Waals surface area (Å²) < 4.78 is -0.325. The fourth-order valence-corrected chi connectivity index (χ4v) is 7.33. The van der Waals surface area contributed by atoms with Gasteiger partial charge < -0.3 is 43.0 Å². The molecule has 1 aromatic heterocycles. The Balaban J connectivity index is 1.83. The number of nitrogens with one attached hydrogen (secondary N) is 6. The van der Waals surface area contributed by atoms with E-state index < -0.39 is 60.2 Å². The SMILES string of the molecule is CCCC(=O)NCCCC[C@H](NC(=O)[C@H](CCCCN)[N+]1(C)CC(C)CC(NC(=O)[C@H](Cc2c[nH]c3ccccc23)NC(C)=O)C1=O)C(=O)NCC(N)=O. The first-order valence-corrected chi connectivity index (χ1v) is 19.0. The fourth-order valence-electron chi connectivity index (χ4n) is 7.33. The molecule has 2 aromatic rings. The summed E-state index contributed by atoms with van der Waals surface area (Å²) in [7, 11) is 1.68. The number of likely N-dealkylation sites (tertiary alicyclic amines) is 1. The number of quaternary nitrogens is 1. The number of para-hydroxylation sites is 1. The minimum absolute atomic E-state index is 0.0614. The van der Waals surface area contributed by atoms with Crippen LogP contribution in [-0.4, -0.2) is 108 Å². The maximum Gasteiger partial charge on any atom is 0.336 e. The molecule has 7 amide bonds. The standard InChI is InChI=1S/C38H59N9O7/c1-5-12-34(50)41-18-11-9-15-29(35(51)43-22-33(40)49)45-37(53)32(16-8-10-17-39)47(4)23-24(2)19-31(38(47)54)46-36(52)30(44-25(3)48)20-26-21-42-28-14-7-6-13-27(26)28/h6-7,13-14,21,24,29-32,42H,5,8-12,15-20,22-23,39H2,1-4H3,(H6-,40,41,43,44,45,46,48,49,50,51,52,53)/p+1/t24?,29-,30-,31?,32-,47?/m0/s1. The number of fused-ring (bicyclic) bond motifs is 1. The van der Waals surface area contributed by atoms with Crippen molar-refractivity contribution in [2.75, 3.05) is 33.2 Å². The summed E-state index contributed by atoms with van der Waals surface area (Å²) in [6, 6.07) is 3.74. The summed E-state index contributed by atoms with van der Waals surface area (Å²) in [6.45, 7) is 5.88. The van der Waals surface area contributed by atoms with Crippen LogP contribution in [0.2, 0.25) is 0 Å². The van der Waals surface area contributed by atoms with Crippen molar-refractivity contribution < 1.29 is 38.0 Å². The number of aromatic amines is 1. The van der Waals surface area contributed by atoms with Crippen LogP contribution < -0.4 is 38.1 Å². The van der Waals surface area contributed by atoms with Crippen molar-refractivity contribution in [2.45, 2.75) is 109 Å². The number of nitrogens with two attached hydrogens (primary N) is 2.